The maximum Gasteiger partial charge on any atom is 0.138 e. The Morgan fingerprint density at radius 1 is 1.00 bits per heavy atom. The molecule has 0 N–H and O–H groups in total. The topological polar surface area (TPSA) is 42.2 Å². The summed E-state index contributed by atoms with van der Waals surface area (Å²) in [7, 11) is 0. The van der Waals surface area contributed by atoms with Crippen LogP contribution in [-0.4, -0.2) is 23.1 Å². The van der Waals surface area contributed by atoms with Gasteiger partial charge in [0.05, 0.1) is 23.0 Å². The van der Waals surface area contributed by atoms with Crippen molar-refractivity contribution in [1.82, 2.24) is 9.97 Å². The molecule has 3 aromatic rings. The molecule has 1 aliphatic rings. The molecule has 3 heterocycles. The highest BCUT2D eigenvalue weighted by molar-refractivity contribution is 5.98. The summed E-state index contributed by atoms with van der Waals surface area (Å²) < 4.78 is 5.63. The van der Waals surface area contributed by atoms with Crippen molar-refractivity contribution in [2.75, 3.05) is 18.0 Å². The number of hydrogen-bond donors (Lipinski definition) is 0. The van der Waals surface area contributed by atoms with Crippen molar-refractivity contribution >= 4 is 27.7 Å². The molecule has 19 heavy (non-hydrogen) atoms. The molecule has 0 amide bonds. The van der Waals surface area contributed by atoms with Crippen molar-refractivity contribution in [1.29, 1.82) is 0 Å². The zero-order valence-electron chi connectivity index (χ0n) is 10.7. The molecule has 1 saturated heterocycles. The summed E-state index contributed by atoms with van der Waals surface area (Å²) in [6, 6.07) is 6.13. The lowest BCUT2D eigenvalue weighted by Gasteiger charge is -2.29. The third kappa shape index (κ3) is 1.75. The van der Waals surface area contributed by atoms with Gasteiger partial charge < -0.3 is 9.32 Å². The molecule has 1 fully saturated rings. The van der Waals surface area contributed by atoms with Crippen LogP contribution in [0.3, 0.4) is 0 Å². The van der Waals surface area contributed by atoms with E-state index in [0.29, 0.717) is 0 Å². The highest BCUT2D eigenvalue weighted by atomic mass is 16.3. The van der Waals surface area contributed by atoms with Crippen LogP contribution in [0.2, 0.25) is 0 Å². The first kappa shape index (κ1) is 10.8. The minimum absolute atomic E-state index is 0.885. The standard InChI is InChI=1S/C15H15N3O/c1-2-5-18(6-3-1)14-4-7-19-15-9-13-12(8-11(14)15)16-10-17-13/h4,7-10H,1-3,5-6H2. The number of hydrogen-bond acceptors (Lipinski definition) is 4. The first-order chi connectivity index (χ1) is 9.42. The highest BCUT2D eigenvalue weighted by Crippen LogP contribution is 2.31. The molecular formula is C15H15N3O. The number of anilines is 1. The van der Waals surface area contributed by atoms with Gasteiger partial charge in [0.25, 0.3) is 0 Å². The molecule has 0 bridgehead atoms. The van der Waals surface area contributed by atoms with Crippen molar-refractivity contribution in [3.05, 3.63) is 30.8 Å². The maximum absolute atomic E-state index is 5.63. The van der Waals surface area contributed by atoms with Crippen LogP contribution in [0, 0.1) is 0 Å². The Morgan fingerprint density at radius 2 is 1.79 bits per heavy atom. The smallest absolute Gasteiger partial charge is 0.138 e. The predicted molar refractivity (Wildman–Crippen MR) is 75.4 cm³/mol. The highest BCUT2D eigenvalue weighted by Gasteiger charge is 2.15. The Balaban J connectivity index is 1.93. The fourth-order valence-electron chi connectivity index (χ4n) is 2.89. The van der Waals surface area contributed by atoms with E-state index < -0.39 is 0 Å². The van der Waals surface area contributed by atoms with Crippen LogP contribution < -0.4 is 4.90 Å². The van der Waals surface area contributed by atoms with Crippen LogP contribution in [0.4, 0.5) is 5.69 Å². The average molecular weight is 253 g/mol. The molecular weight excluding hydrogens is 238 g/mol. The summed E-state index contributed by atoms with van der Waals surface area (Å²) in [4.78, 5) is 11.0. The van der Waals surface area contributed by atoms with Crippen LogP contribution in [-0.2, 0) is 0 Å². The van der Waals surface area contributed by atoms with Crippen molar-refractivity contribution in [2.24, 2.45) is 0 Å². The molecule has 0 unspecified atom stereocenters. The number of piperidine rings is 1. The fraction of sp³-hybridized carbons (Fsp3) is 0.333. The van der Waals surface area contributed by atoms with E-state index in [-0.39, 0.29) is 0 Å². The Hall–Kier alpha value is -2.10. The molecule has 4 rings (SSSR count). The summed E-state index contributed by atoms with van der Waals surface area (Å²) in [5, 5.41) is 1.14. The van der Waals surface area contributed by atoms with Crippen LogP contribution in [0.1, 0.15) is 19.3 Å². The van der Waals surface area contributed by atoms with E-state index in [4.69, 9.17) is 4.42 Å². The number of rotatable bonds is 1. The van der Waals surface area contributed by atoms with E-state index in [1.54, 1.807) is 12.6 Å². The van der Waals surface area contributed by atoms with Gasteiger partial charge in [-0.3, -0.25) is 0 Å². The van der Waals surface area contributed by atoms with Gasteiger partial charge in [0.15, 0.2) is 0 Å². The maximum atomic E-state index is 5.63. The van der Waals surface area contributed by atoms with Crippen LogP contribution in [0.25, 0.3) is 22.0 Å². The Labute approximate surface area is 111 Å². The molecule has 0 saturated carbocycles. The Morgan fingerprint density at radius 3 is 2.63 bits per heavy atom. The number of imidazole rings is 1. The van der Waals surface area contributed by atoms with E-state index in [0.717, 1.165) is 35.1 Å². The van der Waals surface area contributed by atoms with Gasteiger partial charge in [-0.1, -0.05) is 0 Å². The third-order valence-corrected chi connectivity index (χ3v) is 3.86. The monoisotopic (exact) mass is 253 g/mol. The SMILES string of the molecule is c1nc2cc3occc(N4CCCCC4)c3cc2n1. The van der Waals surface area contributed by atoms with Gasteiger partial charge >= 0.3 is 0 Å². The van der Waals surface area contributed by atoms with Gasteiger partial charge in [0.2, 0.25) is 0 Å². The van der Waals surface area contributed by atoms with Gasteiger partial charge in [-0.25, -0.2) is 9.97 Å². The quantitative estimate of drug-likeness (QED) is 0.667. The first-order valence-corrected chi connectivity index (χ1v) is 6.79. The molecule has 1 aliphatic heterocycles. The molecule has 0 atom stereocenters. The second-order valence-corrected chi connectivity index (χ2v) is 5.06. The number of benzene rings is 1. The average Bonchev–Trinajstić information content (AvgIpc) is 2.92. The second-order valence-electron chi connectivity index (χ2n) is 5.06. The Bertz CT molecular complexity index is 728. The molecule has 96 valence electrons. The summed E-state index contributed by atoms with van der Waals surface area (Å²) in [5.74, 6) is 0. The molecule has 0 spiro atoms. The number of aromatic nitrogens is 2. The molecule has 4 nitrogen and oxygen atoms in total. The zero-order chi connectivity index (χ0) is 12.7. The summed E-state index contributed by atoms with van der Waals surface area (Å²) >= 11 is 0. The summed E-state index contributed by atoms with van der Waals surface area (Å²) in [5.41, 5.74) is 3.97. The van der Waals surface area contributed by atoms with E-state index in [1.165, 1.54) is 24.9 Å². The van der Waals surface area contributed by atoms with Crippen LogP contribution >= 0.6 is 0 Å². The molecule has 2 aromatic heterocycles. The number of fused-ring (bicyclic) bond motifs is 2. The minimum atomic E-state index is 0.885. The molecule has 4 heteroatoms. The van der Waals surface area contributed by atoms with Crippen molar-refractivity contribution in [3.8, 4) is 0 Å². The normalized spacial score (nSPS) is 16.3. The van der Waals surface area contributed by atoms with Gasteiger partial charge in [-0.2, -0.15) is 0 Å². The predicted octanol–water partition coefficient (Wildman–Crippen LogP) is 3.37. The first-order valence-electron chi connectivity index (χ1n) is 6.79. The van der Waals surface area contributed by atoms with Crippen LogP contribution in [0.15, 0.2) is 35.2 Å². The molecule has 1 aromatic carbocycles. The van der Waals surface area contributed by atoms with Gasteiger partial charge in [-0.15, -0.1) is 0 Å². The molecule has 0 aliphatic carbocycles. The minimum Gasteiger partial charge on any atom is -0.464 e. The van der Waals surface area contributed by atoms with Crippen molar-refractivity contribution < 1.29 is 4.42 Å². The molecule has 0 radical (unpaired) electrons. The lowest BCUT2D eigenvalue weighted by Crippen LogP contribution is -2.29. The zero-order valence-corrected chi connectivity index (χ0v) is 10.7. The summed E-state index contributed by atoms with van der Waals surface area (Å²) in [6.07, 6.45) is 7.25. The van der Waals surface area contributed by atoms with E-state index >= 15 is 0 Å². The number of nitrogens with zero attached hydrogens (tertiary/aromatic N) is 3. The second kappa shape index (κ2) is 4.23. The Kier molecular flexibility index (Phi) is 2.40. The lowest BCUT2D eigenvalue weighted by atomic mass is 10.1. The summed E-state index contributed by atoms with van der Waals surface area (Å²) in [6.45, 7) is 2.26. The van der Waals surface area contributed by atoms with Gasteiger partial charge in [0, 0.05) is 24.5 Å². The van der Waals surface area contributed by atoms with E-state index in [1.807, 2.05) is 6.07 Å². The van der Waals surface area contributed by atoms with E-state index in [2.05, 4.69) is 27.0 Å². The van der Waals surface area contributed by atoms with Crippen molar-refractivity contribution in [2.45, 2.75) is 19.3 Å². The van der Waals surface area contributed by atoms with Crippen molar-refractivity contribution in [3.63, 3.8) is 0 Å². The van der Waals surface area contributed by atoms with Crippen LogP contribution in [0.5, 0.6) is 0 Å². The van der Waals surface area contributed by atoms with E-state index in [9.17, 15) is 0 Å². The third-order valence-electron chi connectivity index (χ3n) is 3.86. The fourth-order valence-corrected chi connectivity index (χ4v) is 2.89. The van der Waals surface area contributed by atoms with Gasteiger partial charge in [0.1, 0.15) is 11.9 Å². The largest absolute Gasteiger partial charge is 0.464 e. The van der Waals surface area contributed by atoms with Gasteiger partial charge in [-0.05, 0) is 31.4 Å². The lowest BCUT2D eigenvalue weighted by molar-refractivity contribution is 0.572.